The van der Waals surface area contributed by atoms with Gasteiger partial charge < -0.3 is 15.1 Å². The van der Waals surface area contributed by atoms with Crippen molar-refractivity contribution >= 4 is 40.2 Å². The van der Waals surface area contributed by atoms with Gasteiger partial charge in [-0.25, -0.2) is 19.3 Å². The summed E-state index contributed by atoms with van der Waals surface area (Å²) in [5, 5.41) is 3.62. The van der Waals surface area contributed by atoms with Crippen LogP contribution in [0, 0.1) is 5.82 Å². The van der Waals surface area contributed by atoms with Crippen molar-refractivity contribution in [3.63, 3.8) is 0 Å². The second-order valence-electron chi connectivity index (χ2n) is 7.44. The lowest BCUT2D eigenvalue weighted by Crippen LogP contribution is -2.49. The van der Waals surface area contributed by atoms with Crippen LogP contribution in [0.1, 0.15) is 23.3 Å². The van der Waals surface area contributed by atoms with Gasteiger partial charge >= 0.3 is 0 Å². The number of hydrogen-bond acceptors (Lipinski definition) is 7. The van der Waals surface area contributed by atoms with Gasteiger partial charge in [0.05, 0.1) is 16.7 Å². The van der Waals surface area contributed by atoms with Crippen LogP contribution < -0.4 is 10.2 Å². The lowest BCUT2D eigenvalue weighted by Gasteiger charge is -2.36. The highest BCUT2D eigenvalue weighted by Gasteiger charge is 2.29. The van der Waals surface area contributed by atoms with Crippen LogP contribution in [-0.2, 0) is 0 Å². The average Bonchev–Trinajstić information content (AvgIpc) is 3.57. The van der Waals surface area contributed by atoms with E-state index < -0.39 is 11.7 Å². The largest absolute Gasteiger partial charge is 0.364 e. The van der Waals surface area contributed by atoms with E-state index in [1.54, 1.807) is 17.3 Å². The minimum atomic E-state index is -0.709. The van der Waals surface area contributed by atoms with E-state index in [0.717, 1.165) is 41.6 Å². The second-order valence-corrected chi connectivity index (χ2v) is 7.88. The molecule has 2 aliphatic rings. The molecule has 1 aliphatic heterocycles. The molecule has 1 saturated carbocycles. The van der Waals surface area contributed by atoms with Crippen molar-refractivity contribution in [2.75, 3.05) is 36.4 Å². The highest BCUT2D eigenvalue weighted by molar-refractivity contribution is 6.30. The molecule has 10 heteroatoms. The Kier molecular flexibility index (Phi) is 4.82. The third kappa shape index (κ3) is 3.72. The molecule has 30 heavy (non-hydrogen) atoms. The number of aromatic nitrogens is 4. The normalized spacial score (nSPS) is 16.7. The number of nitrogens with zero attached hydrogens (tertiary/aromatic N) is 6. The van der Waals surface area contributed by atoms with Crippen LogP contribution in [0.5, 0.6) is 0 Å². The molecule has 3 aromatic heterocycles. The molecule has 0 radical (unpaired) electrons. The van der Waals surface area contributed by atoms with Gasteiger partial charge in [0.25, 0.3) is 5.91 Å². The minimum Gasteiger partial charge on any atom is -0.364 e. The van der Waals surface area contributed by atoms with Gasteiger partial charge in [-0.1, -0.05) is 11.6 Å². The number of piperazine rings is 1. The van der Waals surface area contributed by atoms with E-state index in [0.29, 0.717) is 32.2 Å². The van der Waals surface area contributed by atoms with Crippen molar-refractivity contribution in [1.82, 2.24) is 24.8 Å². The molecule has 154 valence electrons. The number of nitrogens with one attached hydrogen (secondary N) is 1. The molecule has 0 spiro atoms. The zero-order chi connectivity index (χ0) is 20.7. The molecule has 0 aromatic carbocycles. The number of carbonyl (C=O) groups is 1. The number of carbonyl (C=O) groups excluding carboxylic acids is 1. The summed E-state index contributed by atoms with van der Waals surface area (Å²) in [7, 11) is 0. The number of anilines is 2. The van der Waals surface area contributed by atoms with E-state index in [4.69, 9.17) is 21.6 Å². The summed E-state index contributed by atoms with van der Waals surface area (Å²) >= 11 is 5.73. The highest BCUT2D eigenvalue weighted by Crippen LogP contribution is 2.31. The molecule has 3 aromatic rings. The predicted molar refractivity (Wildman–Crippen MR) is 111 cm³/mol. The summed E-state index contributed by atoms with van der Waals surface area (Å²) < 4.78 is 14.1. The maximum Gasteiger partial charge on any atom is 0.275 e. The van der Waals surface area contributed by atoms with Gasteiger partial charge in [0, 0.05) is 44.6 Å². The van der Waals surface area contributed by atoms with Crippen LogP contribution in [0.3, 0.4) is 0 Å². The summed E-state index contributed by atoms with van der Waals surface area (Å²) in [5.41, 5.74) is 1.30. The van der Waals surface area contributed by atoms with Gasteiger partial charge in [-0.15, -0.1) is 0 Å². The van der Waals surface area contributed by atoms with Crippen LogP contribution in [0.25, 0.3) is 11.0 Å². The first-order valence-corrected chi connectivity index (χ1v) is 10.2. The fourth-order valence-corrected chi connectivity index (χ4v) is 3.62. The highest BCUT2D eigenvalue weighted by atomic mass is 35.5. The quantitative estimate of drug-likeness (QED) is 0.685. The summed E-state index contributed by atoms with van der Waals surface area (Å²) in [6.07, 6.45) is 6.92. The standard InChI is InChI=1S/C20H19ClFN7O/c21-12-9-14(22)17(24-10-12)20(30)29-7-5-28(6-8-29)19-18(25-13-1-2-13)26-15-3-4-23-11-16(15)27-19/h3-4,9-11,13H,1-2,5-8H2,(H,25,26). The lowest BCUT2D eigenvalue weighted by molar-refractivity contribution is 0.0735. The molecule has 1 saturated heterocycles. The Labute approximate surface area is 177 Å². The first-order valence-electron chi connectivity index (χ1n) is 9.82. The number of halogens is 2. The molecule has 0 bridgehead atoms. The van der Waals surface area contributed by atoms with E-state index in [1.165, 1.54) is 6.20 Å². The van der Waals surface area contributed by atoms with Crippen LogP contribution in [0.2, 0.25) is 5.02 Å². The molecule has 5 rings (SSSR count). The molecule has 1 amide bonds. The molecule has 4 heterocycles. The minimum absolute atomic E-state index is 0.161. The number of amides is 1. The average molecular weight is 428 g/mol. The Bertz CT molecular complexity index is 1120. The molecule has 2 fully saturated rings. The zero-order valence-electron chi connectivity index (χ0n) is 16.1. The topological polar surface area (TPSA) is 87.1 Å². The van der Waals surface area contributed by atoms with E-state index in [-0.39, 0.29) is 10.7 Å². The smallest absolute Gasteiger partial charge is 0.275 e. The Hall–Kier alpha value is -3.07. The van der Waals surface area contributed by atoms with Crippen LogP contribution in [-0.4, -0.2) is 63.0 Å². The fraction of sp³-hybridized carbons (Fsp3) is 0.350. The molecular formula is C20H19ClFN7O. The Balaban J connectivity index is 1.36. The van der Waals surface area contributed by atoms with Crippen molar-refractivity contribution in [3.05, 3.63) is 47.3 Å². The third-order valence-corrected chi connectivity index (χ3v) is 5.45. The molecule has 0 unspecified atom stereocenters. The van der Waals surface area contributed by atoms with Gasteiger partial charge in [0.15, 0.2) is 23.1 Å². The first-order chi connectivity index (χ1) is 14.6. The monoisotopic (exact) mass is 427 g/mol. The Morgan fingerprint density at radius 3 is 2.67 bits per heavy atom. The van der Waals surface area contributed by atoms with Crippen molar-refractivity contribution < 1.29 is 9.18 Å². The third-order valence-electron chi connectivity index (χ3n) is 5.24. The van der Waals surface area contributed by atoms with E-state index in [1.807, 2.05) is 6.07 Å². The van der Waals surface area contributed by atoms with E-state index in [9.17, 15) is 9.18 Å². The van der Waals surface area contributed by atoms with Gasteiger partial charge in [0.2, 0.25) is 0 Å². The van der Waals surface area contributed by atoms with Crippen molar-refractivity contribution in [1.29, 1.82) is 0 Å². The number of hydrogen-bond donors (Lipinski definition) is 1. The zero-order valence-corrected chi connectivity index (χ0v) is 16.8. The van der Waals surface area contributed by atoms with E-state index in [2.05, 4.69) is 20.2 Å². The van der Waals surface area contributed by atoms with Gasteiger partial charge in [-0.3, -0.25) is 9.78 Å². The summed E-state index contributed by atoms with van der Waals surface area (Å²) in [6.45, 7) is 1.97. The predicted octanol–water partition coefficient (Wildman–Crippen LogP) is 2.75. The molecular weight excluding hydrogens is 409 g/mol. The molecule has 8 nitrogen and oxygen atoms in total. The SMILES string of the molecule is O=C(c1ncc(Cl)cc1F)N1CCN(c2nc3cnccc3nc2NC2CC2)CC1. The van der Waals surface area contributed by atoms with E-state index >= 15 is 0 Å². The molecule has 0 atom stereocenters. The van der Waals surface area contributed by atoms with Gasteiger partial charge in [-0.05, 0) is 25.0 Å². The van der Waals surface area contributed by atoms with Gasteiger partial charge in [-0.2, -0.15) is 0 Å². The summed E-state index contributed by atoms with van der Waals surface area (Å²) in [6, 6.07) is 3.38. The molecule has 1 N–H and O–H groups in total. The summed E-state index contributed by atoms with van der Waals surface area (Å²) in [5.74, 6) is 0.361. The first kappa shape index (κ1) is 18.9. The van der Waals surface area contributed by atoms with Crippen molar-refractivity contribution in [2.24, 2.45) is 0 Å². The van der Waals surface area contributed by atoms with Crippen LogP contribution in [0.15, 0.2) is 30.7 Å². The lowest BCUT2D eigenvalue weighted by atomic mass is 10.2. The van der Waals surface area contributed by atoms with Gasteiger partial charge in [0.1, 0.15) is 5.52 Å². The van der Waals surface area contributed by atoms with Crippen molar-refractivity contribution in [2.45, 2.75) is 18.9 Å². The number of pyridine rings is 2. The maximum atomic E-state index is 14.1. The van der Waals surface area contributed by atoms with Crippen LogP contribution >= 0.6 is 11.6 Å². The van der Waals surface area contributed by atoms with Crippen molar-refractivity contribution in [3.8, 4) is 0 Å². The number of rotatable bonds is 4. The molecule has 1 aliphatic carbocycles. The maximum absolute atomic E-state index is 14.1. The fourth-order valence-electron chi connectivity index (χ4n) is 3.48. The van der Waals surface area contributed by atoms with Crippen LogP contribution in [0.4, 0.5) is 16.0 Å². The Morgan fingerprint density at radius 1 is 1.13 bits per heavy atom. The number of fused-ring (bicyclic) bond motifs is 1. The summed E-state index contributed by atoms with van der Waals surface area (Å²) in [4.78, 5) is 33.9. The Morgan fingerprint density at radius 2 is 1.93 bits per heavy atom. The second kappa shape index (κ2) is 7.64.